The Kier molecular flexibility index (Phi) is 4.38. The Morgan fingerprint density at radius 2 is 2.00 bits per heavy atom. The van der Waals surface area contributed by atoms with Crippen molar-refractivity contribution in [3.8, 4) is 0 Å². The first-order valence-electron chi connectivity index (χ1n) is 8.29. The largest absolute Gasteiger partial charge is 0.392 e. The number of hydrogen-bond acceptors (Lipinski definition) is 6. The second-order valence-electron chi connectivity index (χ2n) is 6.19. The predicted octanol–water partition coefficient (Wildman–Crippen LogP) is 2.92. The maximum atomic E-state index is 9.15. The van der Waals surface area contributed by atoms with Crippen LogP contribution in [0.25, 0.3) is 10.2 Å². The third kappa shape index (κ3) is 3.36. The van der Waals surface area contributed by atoms with Gasteiger partial charge in [-0.2, -0.15) is 0 Å². The molecular weight excluding hydrogens is 332 g/mol. The molecule has 5 nitrogen and oxygen atoms in total. The minimum absolute atomic E-state index is 0.0744. The molecule has 4 rings (SSSR count). The number of hydrogen-bond donors (Lipinski definition) is 2. The van der Waals surface area contributed by atoms with Crippen molar-refractivity contribution in [2.45, 2.75) is 19.2 Å². The summed E-state index contributed by atoms with van der Waals surface area (Å²) in [5.74, 6) is 0.899. The highest BCUT2D eigenvalue weighted by Gasteiger charge is 2.22. The molecule has 1 aliphatic heterocycles. The topological polar surface area (TPSA) is 60.8 Å². The molecule has 128 valence electrons. The van der Waals surface area contributed by atoms with Crippen molar-refractivity contribution >= 4 is 27.5 Å². The molecule has 1 atom stereocenters. The fraction of sp³-hybridized carbons (Fsp3) is 0.263. The first kappa shape index (κ1) is 16.1. The summed E-state index contributed by atoms with van der Waals surface area (Å²) in [6, 6.07) is 16.4. The van der Waals surface area contributed by atoms with E-state index in [9.17, 15) is 0 Å². The SMILES string of the molecule is CN(Cc1nc2ccccc2s1)C1=NCC(c2ccc(CO)cc2)N1. The van der Waals surface area contributed by atoms with Gasteiger partial charge in [0.25, 0.3) is 0 Å². The number of aliphatic hydroxyl groups is 1. The summed E-state index contributed by atoms with van der Waals surface area (Å²) in [7, 11) is 2.04. The van der Waals surface area contributed by atoms with Gasteiger partial charge in [-0.05, 0) is 23.3 Å². The molecular formula is C19H20N4OS. The molecule has 0 radical (unpaired) electrons. The molecule has 0 bridgehead atoms. The van der Waals surface area contributed by atoms with Crippen molar-refractivity contribution in [1.29, 1.82) is 0 Å². The number of para-hydroxylation sites is 1. The van der Waals surface area contributed by atoms with Gasteiger partial charge in [-0.25, -0.2) is 4.98 Å². The predicted molar refractivity (Wildman–Crippen MR) is 102 cm³/mol. The van der Waals surface area contributed by atoms with Gasteiger partial charge in [0.1, 0.15) is 5.01 Å². The van der Waals surface area contributed by atoms with E-state index in [2.05, 4.69) is 33.4 Å². The summed E-state index contributed by atoms with van der Waals surface area (Å²) in [6.45, 7) is 1.53. The van der Waals surface area contributed by atoms with Crippen LogP contribution in [0.3, 0.4) is 0 Å². The van der Waals surface area contributed by atoms with E-state index in [1.807, 2.05) is 37.4 Å². The van der Waals surface area contributed by atoms with Crippen LogP contribution < -0.4 is 5.32 Å². The highest BCUT2D eigenvalue weighted by atomic mass is 32.1. The van der Waals surface area contributed by atoms with Crippen LogP contribution in [-0.4, -0.2) is 34.5 Å². The first-order chi connectivity index (χ1) is 12.2. The summed E-state index contributed by atoms with van der Waals surface area (Å²) in [4.78, 5) is 11.4. The lowest BCUT2D eigenvalue weighted by Crippen LogP contribution is -2.36. The fourth-order valence-corrected chi connectivity index (χ4v) is 3.99. The second-order valence-corrected chi connectivity index (χ2v) is 7.31. The molecule has 25 heavy (non-hydrogen) atoms. The molecule has 0 spiro atoms. The van der Waals surface area contributed by atoms with Crippen LogP contribution in [0.1, 0.15) is 22.2 Å². The van der Waals surface area contributed by atoms with Gasteiger partial charge in [0, 0.05) is 7.05 Å². The fourth-order valence-electron chi connectivity index (χ4n) is 2.97. The van der Waals surface area contributed by atoms with Crippen LogP contribution in [0.2, 0.25) is 0 Å². The summed E-state index contributed by atoms with van der Waals surface area (Å²) in [6.07, 6.45) is 0. The van der Waals surface area contributed by atoms with Crippen LogP contribution in [0.15, 0.2) is 53.5 Å². The van der Waals surface area contributed by atoms with Crippen LogP contribution in [0.5, 0.6) is 0 Å². The van der Waals surface area contributed by atoms with Gasteiger partial charge in [-0.1, -0.05) is 36.4 Å². The molecule has 0 amide bonds. The Hall–Kier alpha value is -2.44. The molecule has 2 N–H and O–H groups in total. The van der Waals surface area contributed by atoms with Gasteiger partial charge in [0.05, 0.1) is 36.0 Å². The molecule has 6 heteroatoms. The lowest BCUT2D eigenvalue weighted by Gasteiger charge is -2.20. The number of aliphatic hydroxyl groups excluding tert-OH is 1. The molecule has 0 saturated carbocycles. The van der Waals surface area contributed by atoms with E-state index < -0.39 is 0 Å². The standard InChI is InChI=1S/C19H20N4OS/c1-23(11-18-21-15-4-2-3-5-17(15)25-18)19-20-10-16(22-19)14-8-6-13(12-24)7-9-14/h2-9,16,24H,10-12H2,1H3,(H,20,22). The Labute approximate surface area is 150 Å². The van der Waals surface area contributed by atoms with Gasteiger partial charge >= 0.3 is 0 Å². The zero-order valence-electron chi connectivity index (χ0n) is 14.0. The number of fused-ring (bicyclic) bond motifs is 1. The quantitative estimate of drug-likeness (QED) is 0.758. The lowest BCUT2D eigenvalue weighted by atomic mass is 10.1. The molecule has 2 aromatic carbocycles. The van der Waals surface area contributed by atoms with Gasteiger partial charge < -0.3 is 15.3 Å². The van der Waals surface area contributed by atoms with E-state index in [-0.39, 0.29) is 12.6 Å². The lowest BCUT2D eigenvalue weighted by molar-refractivity contribution is 0.282. The molecule has 0 saturated heterocycles. The summed E-state index contributed by atoms with van der Waals surface area (Å²) >= 11 is 1.73. The monoisotopic (exact) mass is 352 g/mol. The highest BCUT2D eigenvalue weighted by molar-refractivity contribution is 7.18. The maximum Gasteiger partial charge on any atom is 0.194 e. The van der Waals surface area contributed by atoms with Crippen molar-refractivity contribution in [1.82, 2.24) is 15.2 Å². The minimum Gasteiger partial charge on any atom is -0.392 e. The number of thiazole rings is 1. The van der Waals surface area contributed by atoms with E-state index in [4.69, 9.17) is 10.1 Å². The number of benzene rings is 2. The third-order valence-electron chi connectivity index (χ3n) is 4.36. The molecule has 3 aromatic rings. The maximum absolute atomic E-state index is 9.15. The average Bonchev–Trinajstić information content (AvgIpc) is 3.28. The van der Waals surface area contributed by atoms with E-state index in [1.165, 1.54) is 10.3 Å². The Morgan fingerprint density at radius 3 is 2.76 bits per heavy atom. The van der Waals surface area contributed by atoms with Crippen molar-refractivity contribution < 1.29 is 5.11 Å². The van der Waals surface area contributed by atoms with Crippen molar-refractivity contribution in [2.24, 2.45) is 4.99 Å². The zero-order chi connectivity index (χ0) is 17.2. The Bertz CT molecular complexity index is 870. The van der Waals surface area contributed by atoms with E-state index in [0.717, 1.165) is 35.1 Å². The number of nitrogens with one attached hydrogen (secondary N) is 1. The molecule has 1 aromatic heterocycles. The molecule has 2 heterocycles. The number of aliphatic imine (C=N–C) groups is 1. The average molecular weight is 352 g/mol. The van der Waals surface area contributed by atoms with Crippen molar-refractivity contribution in [3.63, 3.8) is 0 Å². The number of aromatic nitrogens is 1. The van der Waals surface area contributed by atoms with Crippen molar-refractivity contribution in [3.05, 3.63) is 64.7 Å². The van der Waals surface area contributed by atoms with Crippen LogP contribution >= 0.6 is 11.3 Å². The minimum atomic E-state index is 0.0744. The number of rotatable bonds is 4. The van der Waals surface area contributed by atoms with Gasteiger partial charge in [0.15, 0.2) is 5.96 Å². The number of guanidine groups is 1. The summed E-state index contributed by atoms with van der Waals surface area (Å²) in [5.41, 5.74) is 3.17. The Morgan fingerprint density at radius 1 is 1.20 bits per heavy atom. The van der Waals surface area contributed by atoms with Crippen LogP contribution in [0.4, 0.5) is 0 Å². The molecule has 0 fully saturated rings. The molecule has 1 unspecified atom stereocenters. The van der Waals surface area contributed by atoms with Gasteiger partial charge in [-0.3, -0.25) is 4.99 Å². The zero-order valence-corrected chi connectivity index (χ0v) is 14.8. The molecule has 0 aliphatic carbocycles. The molecule has 1 aliphatic rings. The van der Waals surface area contributed by atoms with Gasteiger partial charge in [0.2, 0.25) is 0 Å². The van der Waals surface area contributed by atoms with Crippen LogP contribution in [-0.2, 0) is 13.2 Å². The highest BCUT2D eigenvalue weighted by Crippen LogP contribution is 2.23. The van der Waals surface area contributed by atoms with E-state index in [1.54, 1.807) is 11.3 Å². The van der Waals surface area contributed by atoms with Gasteiger partial charge in [-0.15, -0.1) is 11.3 Å². The second kappa shape index (κ2) is 6.82. The Balaban J connectivity index is 1.41. The first-order valence-corrected chi connectivity index (χ1v) is 9.11. The summed E-state index contributed by atoms with van der Waals surface area (Å²) in [5, 5.41) is 13.7. The van der Waals surface area contributed by atoms with Crippen molar-refractivity contribution in [2.75, 3.05) is 13.6 Å². The van der Waals surface area contributed by atoms with E-state index in [0.29, 0.717) is 0 Å². The smallest absolute Gasteiger partial charge is 0.194 e. The van der Waals surface area contributed by atoms with E-state index >= 15 is 0 Å². The third-order valence-corrected chi connectivity index (χ3v) is 5.38. The number of nitrogens with zero attached hydrogens (tertiary/aromatic N) is 3. The van der Waals surface area contributed by atoms with Crippen LogP contribution in [0, 0.1) is 0 Å². The summed E-state index contributed by atoms with van der Waals surface area (Å²) < 4.78 is 1.22. The normalized spacial score (nSPS) is 16.7.